The lowest BCUT2D eigenvalue weighted by molar-refractivity contribution is -0.0753. The monoisotopic (exact) mass is 274 g/mol. The van der Waals surface area contributed by atoms with Crippen molar-refractivity contribution in [3.8, 4) is 0 Å². The van der Waals surface area contributed by atoms with Crippen molar-refractivity contribution in [1.29, 1.82) is 0 Å². The molecule has 0 bridgehead atoms. The topological polar surface area (TPSA) is 38.5 Å². The number of nitrogens with zero attached hydrogens (tertiary/aromatic N) is 1. The van der Waals surface area contributed by atoms with Crippen LogP contribution in [0.4, 0.5) is 0 Å². The van der Waals surface area contributed by atoms with Crippen LogP contribution >= 0.6 is 0 Å². The van der Waals surface area contributed by atoms with E-state index >= 15 is 0 Å². The van der Waals surface area contributed by atoms with Gasteiger partial charge in [0.05, 0.1) is 18.8 Å². The zero-order chi connectivity index (χ0) is 14.1. The Morgan fingerprint density at radius 3 is 2.95 bits per heavy atom. The van der Waals surface area contributed by atoms with Crippen LogP contribution in [0.25, 0.3) is 0 Å². The Labute approximate surface area is 122 Å². The summed E-state index contributed by atoms with van der Waals surface area (Å²) in [5.41, 5.74) is 9.01. The fourth-order valence-corrected chi connectivity index (χ4v) is 3.95. The van der Waals surface area contributed by atoms with Gasteiger partial charge in [-0.1, -0.05) is 29.8 Å². The van der Waals surface area contributed by atoms with Crippen LogP contribution in [0.3, 0.4) is 0 Å². The predicted octanol–water partition coefficient (Wildman–Crippen LogP) is 2.64. The fourth-order valence-electron chi connectivity index (χ4n) is 3.95. The molecule has 1 saturated heterocycles. The molecule has 1 heterocycles. The number of ether oxygens (including phenoxy) is 1. The molecule has 0 spiro atoms. The normalized spacial score (nSPS) is 29.9. The minimum absolute atomic E-state index is 0.135. The molecule has 0 amide bonds. The summed E-state index contributed by atoms with van der Waals surface area (Å²) >= 11 is 0. The zero-order valence-corrected chi connectivity index (χ0v) is 12.6. The molecule has 1 aromatic rings. The van der Waals surface area contributed by atoms with E-state index in [-0.39, 0.29) is 6.04 Å². The summed E-state index contributed by atoms with van der Waals surface area (Å²) in [5, 5.41) is 0. The van der Waals surface area contributed by atoms with Crippen molar-refractivity contribution in [1.82, 2.24) is 4.90 Å². The number of nitrogens with two attached hydrogens (primary N) is 1. The number of benzene rings is 1. The van der Waals surface area contributed by atoms with Gasteiger partial charge in [0.15, 0.2) is 0 Å². The van der Waals surface area contributed by atoms with E-state index < -0.39 is 0 Å². The summed E-state index contributed by atoms with van der Waals surface area (Å²) in [6.45, 7) is 6.13. The maximum atomic E-state index is 6.35. The molecule has 1 aliphatic heterocycles. The first-order valence-electron chi connectivity index (χ1n) is 7.86. The molecule has 1 saturated carbocycles. The highest BCUT2D eigenvalue weighted by molar-refractivity contribution is 5.26. The predicted molar refractivity (Wildman–Crippen MR) is 81.7 cm³/mol. The van der Waals surface area contributed by atoms with Crippen LogP contribution in [-0.2, 0) is 4.74 Å². The number of morpholine rings is 1. The van der Waals surface area contributed by atoms with Gasteiger partial charge in [0.25, 0.3) is 0 Å². The maximum absolute atomic E-state index is 6.35. The average molecular weight is 274 g/mol. The number of hydrogen-bond donors (Lipinski definition) is 1. The summed E-state index contributed by atoms with van der Waals surface area (Å²) in [6.07, 6.45) is 4.17. The van der Waals surface area contributed by atoms with Gasteiger partial charge < -0.3 is 10.5 Å². The van der Waals surface area contributed by atoms with E-state index in [0.717, 1.165) is 13.2 Å². The van der Waals surface area contributed by atoms with Gasteiger partial charge in [-0.25, -0.2) is 0 Å². The number of hydrogen-bond acceptors (Lipinski definition) is 3. The second-order valence-corrected chi connectivity index (χ2v) is 6.36. The first kappa shape index (κ1) is 14.1. The third-order valence-electron chi connectivity index (χ3n) is 4.76. The molecule has 0 aromatic heterocycles. The minimum atomic E-state index is 0.135. The molecule has 2 N–H and O–H groups in total. The Morgan fingerprint density at radius 1 is 1.35 bits per heavy atom. The maximum Gasteiger partial charge on any atom is 0.0731 e. The Bertz CT molecular complexity index is 460. The lowest BCUT2D eigenvalue weighted by Gasteiger charge is -2.44. The lowest BCUT2D eigenvalue weighted by Crippen LogP contribution is -2.53. The van der Waals surface area contributed by atoms with Crippen molar-refractivity contribution < 1.29 is 4.74 Å². The third kappa shape index (κ3) is 2.62. The van der Waals surface area contributed by atoms with Crippen molar-refractivity contribution in [3.63, 3.8) is 0 Å². The van der Waals surface area contributed by atoms with E-state index in [4.69, 9.17) is 10.5 Å². The molecule has 2 fully saturated rings. The lowest BCUT2D eigenvalue weighted by atomic mass is 9.94. The summed E-state index contributed by atoms with van der Waals surface area (Å²) in [6, 6.07) is 9.81. The van der Waals surface area contributed by atoms with Gasteiger partial charge in [-0.3, -0.25) is 4.90 Å². The largest absolute Gasteiger partial charge is 0.375 e. The first-order valence-corrected chi connectivity index (χ1v) is 7.86. The van der Waals surface area contributed by atoms with E-state index in [1.165, 1.54) is 30.4 Å². The summed E-state index contributed by atoms with van der Waals surface area (Å²) in [5.74, 6) is 0. The van der Waals surface area contributed by atoms with Crippen LogP contribution in [0.2, 0.25) is 0 Å². The molecule has 0 radical (unpaired) electrons. The molecule has 2 aliphatic rings. The van der Waals surface area contributed by atoms with Gasteiger partial charge in [-0.2, -0.15) is 0 Å². The van der Waals surface area contributed by atoms with Crippen LogP contribution in [0.15, 0.2) is 24.3 Å². The van der Waals surface area contributed by atoms with Gasteiger partial charge in [0.1, 0.15) is 0 Å². The minimum Gasteiger partial charge on any atom is -0.375 e. The zero-order valence-electron chi connectivity index (χ0n) is 12.6. The Balaban J connectivity index is 1.90. The Hall–Kier alpha value is -0.900. The van der Waals surface area contributed by atoms with Crippen LogP contribution in [0.5, 0.6) is 0 Å². The van der Waals surface area contributed by atoms with Crippen LogP contribution in [0, 0.1) is 6.92 Å². The van der Waals surface area contributed by atoms with Gasteiger partial charge in [0, 0.05) is 18.6 Å². The van der Waals surface area contributed by atoms with Crippen molar-refractivity contribution >= 4 is 0 Å². The quantitative estimate of drug-likeness (QED) is 0.921. The van der Waals surface area contributed by atoms with E-state index in [9.17, 15) is 0 Å². The molecule has 1 aromatic carbocycles. The van der Waals surface area contributed by atoms with Crippen molar-refractivity contribution in [2.45, 2.75) is 57.3 Å². The number of rotatable bonds is 3. The second-order valence-electron chi connectivity index (χ2n) is 6.36. The number of fused-ring (bicyclic) bond motifs is 1. The standard InChI is InChI=1S/C17H26N2O/c1-12-5-3-6-14(11-12)17(13(2)18)19-9-10-20-16-8-4-7-15(16)19/h3,5-6,11,13,15-17H,4,7-10,18H2,1-2H3. The fraction of sp³-hybridized carbons (Fsp3) is 0.647. The van der Waals surface area contributed by atoms with Gasteiger partial charge in [-0.05, 0) is 38.7 Å². The van der Waals surface area contributed by atoms with Gasteiger partial charge in [0.2, 0.25) is 0 Å². The molecule has 4 atom stereocenters. The molecule has 3 rings (SSSR count). The SMILES string of the molecule is Cc1cccc(C(C(C)N)N2CCOC3CCCC32)c1. The molecule has 3 heteroatoms. The smallest absolute Gasteiger partial charge is 0.0731 e. The first-order chi connectivity index (χ1) is 9.66. The number of aryl methyl sites for hydroxylation is 1. The summed E-state index contributed by atoms with van der Waals surface area (Å²) in [4.78, 5) is 2.61. The summed E-state index contributed by atoms with van der Waals surface area (Å²) in [7, 11) is 0. The highest BCUT2D eigenvalue weighted by atomic mass is 16.5. The average Bonchev–Trinajstić information content (AvgIpc) is 2.88. The Morgan fingerprint density at radius 2 is 2.20 bits per heavy atom. The molecular weight excluding hydrogens is 248 g/mol. The third-order valence-corrected chi connectivity index (χ3v) is 4.76. The van der Waals surface area contributed by atoms with Crippen molar-refractivity contribution in [2.24, 2.45) is 5.73 Å². The summed E-state index contributed by atoms with van der Waals surface area (Å²) < 4.78 is 5.94. The molecule has 1 aliphatic carbocycles. The van der Waals surface area contributed by atoms with Gasteiger partial charge >= 0.3 is 0 Å². The highest BCUT2D eigenvalue weighted by Gasteiger charge is 2.40. The molecule has 4 unspecified atom stereocenters. The van der Waals surface area contributed by atoms with E-state index in [2.05, 4.69) is 43.0 Å². The molecule has 110 valence electrons. The molecule has 3 nitrogen and oxygen atoms in total. The van der Waals surface area contributed by atoms with E-state index in [0.29, 0.717) is 18.2 Å². The van der Waals surface area contributed by atoms with Crippen molar-refractivity contribution in [2.75, 3.05) is 13.2 Å². The highest BCUT2D eigenvalue weighted by Crippen LogP contribution is 2.36. The van der Waals surface area contributed by atoms with Crippen LogP contribution < -0.4 is 5.73 Å². The Kier molecular flexibility index (Phi) is 4.11. The van der Waals surface area contributed by atoms with E-state index in [1.54, 1.807) is 0 Å². The molecule has 20 heavy (non-hydrogen) atoms. The van der Waals surface area contributed by atoms with Crippen LogP contribution in [-0.4, -0.2) is 36.2 Å². The van der Waals surface area contributed by atoms with Crippen LogP contribution in [0.1, 0.15) is 43.4 Å². The van der Waals surface area contributed by atoms with E-state index in [1.807, 2.05) is 0 Å². The second kappa shape index (κ2) is 5.84. The molecular formula is C17H26N2O. The van der Waals surface area contributed by atoms with Crippen molar-refractivity contribution in [3.05, 3.63) is 35.4 Å². The van der Waals surface area contributed by atoms with Gasteiger partial charge in [-0.15, -0.1) is 0 Å².